The largest absolute Gasteiger partial charge is 0.443 e. The average molecular weight is 408 g/mol. The fourth-order valence-electron chi connectivity index (χ4n) is 1.99. The van der Waals surface area contributed by atoms with Crippen molar-refractivity contribution in [1.82, 2.24) is 19.9 Å². The number of nitrogens with two attached hydrogens (primary N) is 2. The molecule has 1 amide bonds. The first-order valence-corrected chi connectivity index (χ1v) is 7.66. The summed E-state index contributed by atoms with van der Waals surface area (Å²) in [5, 5.41) is 0.739. The molecule has 0 unspecified atom stereocenters. The second kappa shape index (κ2) is 6.91. The van der Waals surface area contributed by atoms with Crippen LogP contribution in [0.1, 0.15) is 5.69 Å². The number of hydrogen-bond donors (Lipinski definition) is 2. The Balaban J connectivity index is 1.93. The van der Waals surface area contributed by atoms with Crippen LogP contribution in [0.3, 0.4) is 0 Å². The van der Waals surface area contributed by atoms with Crippen LogP contribution in [-0.2, 0) is 11.2 Å². The smallest absolute Gasteiger partial charge is 0.248 e. The first-order chi connectivity index (χ1) is 12.0. The third-order valence-electron chi connectivity index (χ3n) is 3.14. The molecule has 9 nitrogen and oxygen atoms in total. The molecule has 0 atom stereocenters. The first kappa shape index (κ1) is 16.9. The monoisotopic (exact) mass is 407 g/mol. The molecule has 3 heterocycles. The van der Waals surface area contributed by atoms with Crippen LogP contribution in [0, 0.1) is 5.82 Å². The highest BCUT2D eigenvalue weighted by atomic mass is 79.9. The quantitative estimate of drug-likeness (QED) is 0.376. The van der Waals surface area contributed by atoms with Crippen molar-refractivity contribution in [2.45, 2.75) is 6.42 Å². The van der Waals surface area contributed by atoms with Crippen LogP contribution in [0.15, 0.2) is 39.7 Å². The lowest BCUT2D eigenvalue weighted by molar-refractivity contribution is -0.118. The van der Waals surface area contributed by atoms with E-state index < -0.39 is 11.7 Å². The van der Waals surface area contributed by atoms with E-state index in [9.17, 15) is 9.18 Å². The molecule has 0 saturated carbocycles. The summed E-state index contributed by atoms with van der Waals surface area (Å²) in [5.41, 5.74) is 5.86. The Kier molecular flexibility index (Phi) is 4.67. The summed E-state index contributed by atoms with van der Waals surface area (Å²) in [6, 6.07) is 2.63. The summed E-state index contributed by atoms with van der Waals surface area (Å²) in [7, 11) is 0. The van der Waals surface area contributed by atoms with Gasteiger partial charge in [-0.2, -0.15) is 4.98 Å². The maximum atomic E-state index is 13.7. The number of hydrazine groups is 1. The second-order valence-electron chi connectivity index (χ2n) is 4.78. The molecule has 11 heteroatoms. The van der Waals surface area contributed by atoms with Crippen LogP contribution in [0.2, 0.25) is 0 Å². The molecular formula is C14H11BrFN7O2. The number of amides is 1. The van der Waals surface area contributed by atoms with E-state index in [2.05, 4.69) is 35.9 Å². The second-order valence-corrected chi connectivity index (χ2v) is 5.57. The summed E-state index contributed by atoms with van der Waals surface area (Å²) in [4.78, 5) is 28.1. The number of hydrogen-bond acceptors (Lipinski definition) is 8. The number of halogens is 2. The maximum Gasteiger partial charge on any atom is 0.248 e. The van der Waals surface area contributed by atoms with Crippen molar-refractivity contribution in [3.63, 3.8) is 0 Å². The lowest BCUT2D eigenvalue weighted by Gasteiger charge is -2.18. The van der Waals surface area contributed by atoms with Crippen molar-refractivity contribution in [2.24, 2.45) is 5.84 Å². The van der Waals surface area contributed by atoms with E-state index in [0.717, 1.165) is 5.01 Å². The summed E-state index contributed by atoms with van der Waals surface area (Å²) < 4.78 is 19.1. The van der Waals surface area contributed by atoms with E-state index >= 15 is 0 Å². The van der Waals surface area contributed by atoms with Crippen molar-refractivity contribution < 1.29 is 13.6 Å². The molecule has 0 aliphatic heterocycles. The van der Waals surface area contributed by atoms with Crippen molar-refractivity contribution >= 4 is 33.6 Å². The van der Waals surface area contributed by atoms with E-state index in [1.165, 1.54) is 30.8 Å². The summed E-state index contributed by atoms with van der Waals surface area (Å²) in [6.07, 6.45) is 3.81. The number of nitrogen functional groups attached to an aromatic ring is 1. The van der Waals surface area contributed by atoms with Gasteiger partial charge in [-0.1, -0.05) is 0 Å². The molecule has 128 valence electrons. The zero-order valence-electron chi connectivity index (χ0n) is 12.6. The third kappa shape index (κ3) is 3.46. The van der Waals surface area contributed by atoms with Crippen molar-refractivity contribution in [2.75, 3.05) is 10.7 Å². The molecule has 4 N–H and O–H groups in total. The van der Waals surface area contributed by atoms with E-state index in [-0.39, 0.29) is 39.9 Å². The SMILES string of the molecule is Nc1nc(-c2ncco2)c(Br)c(N(N)C(=O)Cc2ncccc2F)n1. The lowest BCUT2D eigenvalue weighted by atomic mass is 10.2. The van der Waals surface area contributed by atoms with Crippen LogP contribution in [-0.4, -0.2) is 25.8 Å². The van der Waals surface area contributed by atoms with Gasteiger partial charge in [0.2, 0.25) is 17.7 Å². The van der Waals surface area contributed by atoms with E-state index in [1.807, 2.05) is 0 Å². The van der Waals surface area contributed by atoms with Gasteiger partial charge in [-0.05, 0) is 28.1 Å². The molecule has 0 aliphatic carbocycles. The van der Waals surface area contributed by atoms with Gasteiger partial charge in [0.25, 0.3) is 0 Å². The molecular weight excluding hydrogens is 397 g/mol. The zero-order chi connectivity index (χ0) is 18.0. The Morgan fingerprint density at radius 1 is 1.32 bits per heavy atom. The highest BCUT2D eigenvalue weighted by molar-refractivity contribution is 9.10. The highest BCUT2D eigenvalue weighted by Gasteiger charge is 2.23. The first-order valence-electron chi connectivity index (χ1n) is 6.87. The van der Waals surface area contributed by atoms with E-state index in [1.54, 1.807) is 0 Å². The normalized spacial score (nSPS) is 10.7. The Hall–Kier alpha value is -2.92. The Morgan fingerprint density at radius 2 is 2.12 bits per heavy atom. The number of rotatable bonds is 4. The minimum Gasteiger partial charge on any atom is -0.443 e. The van der Waals surface area contributed by atoms with Gasteiger partial charge in [0.1, 0.15) is 17.8 Å². The van der Waals surface area contributed by atoms with E-state index in [4.69, 9.17) is 16.0 Å². The molecule has 3 aromatic heterocycles. The molecule has 0 spiro atoms. The fraction of sp³-hybridized carbons (Fsp3) is 0.0714. The summed E-state index contributed by atoms with van der Waals surface area (Å²) in [6.45, 7) is 0. The number of carbonyl (C=O) groups is 1. The molecule has 0 bridgehead atoms. The van der Waals surface area contributed by atoms with Gasteiger partial charge in [-0.3, -0.25) is 9.78 Å². The molecule has 0 radical (unpaired) electrons. The number of aromatic nitrogens is 4. The van der Waals surface area contributed by atoms with Crippen molar-refractivity contribution in [3.8, 4) is 11.6 Å². The van der Waals surface area contributed by atoms with Gasteiger partial charge in [0, 0.05) is 6.20 Å². The minimum atomic E-state index is -0.644. The molecule has 3 aromatic rings. The van der Waals surface area contributed by atoms with Crippen LogP contribution < -0.4 is 16.6 Å². The standard InChI is InChI=1S/C14H11BrFN7O2/c15-10-11(13-20-4-5-25-13)21-14(17)22-12(10)23(18)9(24)6-8-7(16)2-1-3-19-8/h1-5H,6,18H2,(H2,17,21,22). The molecule has 0 saturated heterocycles. The topological polar surface area (TPSA) is 137 Å². The van der Waals surface area contributed by atoms with Gasteiger partial charge in [0.05, 0.1) is 22.8 Å². The molecule has 25 heavy (non-hydrogen) atoms. The molecule has 0 aromatic carbocycles. The molecule has 0 aliphatic rings. The summed E-state index contributed by atoms with van der Waals surface area (Å²) in [5.74, 6) is 4.60. The van der Waals surface area contributed by atoms with Crippen LogP contribution in [0.25, 0.3) is 11.6 Å². The van der Waals surface area contributed by atoms with Gasteiger partial charge < -0.3 is 10.2 Å². The van der Waals surface area contributed by atoms with Gasteiger partial charge in [-0.25, -0.2) is 25.2 Å². The highest BCUT2D eigenvalue weighted by Crippen LogP contribution is 2.32. The number of oxazole rings is 1. The predicted molar refractivity (Wildman–Crippen MR) is 89.2 cm³/mol. The zero-order valence-corrected chi connectivity index (χ0v) is 14.1. The predicted octanol–water partition coefficient (Wildman–Crippen LogP) is 1.46. The summed E-state index contributed by atoms with van der Waals surface area (Å²) >= 11 is 3.26. The number of nitrogens with zero attached hydrogens (tertiary/aromatic N) is 5. The maximum absolute atomic E-state index is 13.7. The third-order valence-corrected chi connectivity index (χ3v) is 3.87. The number of anilines is 2. The average Bonchev–Trinajstić information content (AvgIpc) is 3.12. The number of pyridine rings is 1. The van der Waals surface area contributed by atoms with Crippen molar-refractivity contribution in [1.29, 1.82) is 0 Å². The minimum absolute atomic E-state index is 0.0120. The van der Waals surface area contributed by atoms with Crippen LogP contribution in [0.4, 0.5) is 16.2 Å². The van der Waals surface area contributed by atoms with Crippen molar-refractivity contribution in [3.05, 3.63) is 46.8 Å². The van der Waals surface area contributed by atoms with Crippen LogP contribution >= 0.6 is 15.9 Å². The Labute approximate surface area is 149 Å². The Morgan fingerprint density at radius 3 is 2.80 bits per heavy atom. The van der Waals surface area contributed by atoms with E-state index in [0.29, 0.717) is 0 Å². The Bertz CT molecular complexity index is 920. The fourth-order valence-corrected chi connectivity index (χ4v) is 2.53. The van der Waals surface area contributed by atoms with Gasteiger partial charge in [-0.15, -0.1) is 0 Å². The molecule has 3 rings (SSSR count). The van der Waals surface area contributed by atoms with Gasteiger partial charge >= 0.3 is 0 Å². The molecule has 0 fully saturated rings. The van der Waals surface area contributed by atoms with Crippen LogP contribution in [0.5, 0.6) is 0 Å². The number of carbonyl (C=O) groups excluding carboxylic acids is 1. The van der Waals surface area contributed by atoms with Gasteiger partial charge in [0.15, 0.2) is 5.82 Å². The lowest BCUT2D eigenvalue weighted by Crippen LogP contribution is -2.40.